The Morgan fingerprint density at radius 2 is 2.08 bits per heavy atom. The molecule has 64 valence electrons. The SMILES string of the molecule is BrC[C@@H]1COc2ccccc2O1. The molecule has 0 amide bonds. The number of rotatable bonds is 1. The van der Waals surface area contributed by atoms with E-state index < -0.39 is 0 Å². The molecule has 0 radical (unpaired) electrons. The molecule has 1 aromatic carbocycles. The van der Waals surface area contributed by atoms with E-state index in [0.29, 0.717) is 6.61 Å². The topological polar surface area (TPSA) is 18.5 Å². The van der Waals surface area contributed by atoms with Gasteiger partial charge in [0.25, 0.3) is 0 Å². The van der Waals surface area contributed by atoms with Gasteiger partial charge in [0.05, 0.1) is 0 Å². The molecule has 3 heteroatoms. The molecular weight excluding hydrogens is 220 g/mol. The molecule has 1 aliphatic heterocycles. The number of fused-ring (bicyclic) bond motifs is 1. The molecule has 2 nitrogen and oxygen atoms in total. The van der Waals surface area contributed by atoms with Crippen molar-refractivity contribution < 1.29 is 9.47 Å². The highest BCUT2D eigenvalue weighted by molar-refractivity contribution is 9.09. The maximum atomic E-state index is 5.61. The smallest absolute Gasteiger partial charge is 0.161 e. The first-order valence-electron chi connectivity index (χ1n) is 3.84. The largest absolute Gasteiger partial charge is 0.486 e. The lowest BCUT2D eigenvalue weighted by Gasteiger charge is -2.24. The zero-order valence-corrected chi connectivity index (χ0v) is 8.08. The minimum atomic E-state index is 0.139. The van der Waals surface area contributed by atoms with Gasteiger partial charge in [0, 0.05) is 5.33 Å². The van der Waals surface area contributed by atoms with E-state index in [2.05, 4.69) is 15.9 Å². The first-order chi connectivity index (χ1) is 5.90. The summed E-state index contributed by atoms with van der Waals surface area (Å²) in [5.74, 6) is 1.68. The van der Waals surface area contributed by atoms with Crippen molar-refractivity contribution in [2.24, 2.45) is 0 Å². The average molecular weight is 229 g/mol. The Hall–Kier alpha value is -0.700. The van der Waals surface area contributed by atoms with E-state index in [9.17, 15) is 0 Å². The molecule has 0 spiro atoms. The summed E-state index contributed by atoms with van der Waals surface area (Å²) in [6, 6.07) is 7.72. The van der Waals surface area contributed by atoms with Crippen molar-refractivity contribution >= 4 is 15.9 Å². The van der Waals surface area contributed by atoms with Crippen LogP contribution in [0.5, 0.6) is 11.5 Å². The lowest BCUT2D eigenvalue weighted by atomic mass is 10.3. The first-order valence-corrected chi connectivity index (χ1v) is 4.97. The van der Waals surface area contributed by atoms with Crippen molar-refractivity contribution in [3.8, 4) is 11.5 Å². The number of hydrogen-bond acceptors (Lipinski definition) is 2. The van der Waals surface area contributed by atoms with Crippen molar-refractivity contribution in [1.29, 1.82) is 0 Å². The summed E-state index contributed by atoms with van der Waals surface area (Å²) < 4.78 is 11.1. The molecule has 1 heterocycles. The normalized spacial score (nSPS) is 20.6. The summed E-state index contributed by atoms with van der Waals surface area (Å²) in [4.78, 5) is 0. The summed E-state index contributed by atoms with van der Waals surface area (Å²) in [5, 5.41) is 0.807. The van der Waals surface area contributed by atoms with Crippen LogP contribution in [-0.2, 0) is 0 Å². The molecule has 1 aromatic rings. The van der Waals surface area contributed by atoms with Gasteiger partial charge < -0.3 is 9.47 Å². The fourth-order valence-electron chi connectivity index (χ4n) is 1.14. The maximum absolute atomic E-state index is 5.61. The van der Waals surface area contributed by atoms with Gasteiger partial charge in [-0.15, -0.1) is 0 Å². The highest BCUT2D eigenvalue weighted by Gasteiger charge is 2.18. The van der Waals surface area contributed by atoms with Crippen molar-refractivity contribution in [1.82, 2.24) is 0 Å². The van der Waals surface area contributed by atoms with Crippen LogP contribution in [0.15, 0.2) is 24.3 Å². The van der Waals surface area contributed by atoms with Gasteiger partial charge in [-0.05, 0) is 12.1 Å². The Kier molecular flexibility index (Phi) is 2.21. The van der Waals surface area contributed by atoms with Crippen LogP contribution >= 0.6 is 15.9 Å². The Morgan fingerprint density at radius 3 is 2.83 bits per heavy atom. The molecule has 0 bridgehead atoms. The number of para-hydroxylation sites is 2. The molecule has 1 atom stereocenters. The predicted octanol–water partition coefficient (Wildman–Crippen LogP) is 2.22. The van der Waals surface area contributed by atoms with Crippen molar-refractivity contribution in [3.05, 3.63) is 24.3 Å². The van der Waals surface area contributed by atoms with Gasteiger partial charge in [0.15, 0.2) is 11.5 Å². The summed E-state index contributed by atoms with van der Waals surface area (Å²) in [5.41, 5.74) is 0. The highest BCUT2D eigenvalue weighted by atomic mass is 79.9. The Morgan fingerprint density at radius 1 is 1.33 bits per heavy atom. The van der Waals surface area contributed by atoms with Gasteiger partial charge in [0.1, 0.15) is 12.7 Å². The number of alkyl halides is 1. The lowest BCUT2D eigenvalue weighted by Crippen LogP contribution is -2.30. The van der Waals surface area contributed by atoms with Gasteiger partial charge in [-0.3, -0.25) is 0 Å². The van der Waals surface area contributed by atoms with Gasteiger partial charge >= 0.3 is 0 Å². The molecule has 0 unspecified atom stereocenters. The first kappa shape index (κ1) is 7.92. The van der Waals surface area contributed by atoms with E-state index in [-0.39, 0.29) is 6.10 Å². The van der Waals surface area contributed by atoms with E-state index in [1.807, 2.05) is 24.3 Å². The van der Waals surface area contributed by atoms with Crippen LogP contribution in [-0.4, -0.2) is 18.0 Å². The van der Waals surface area contributed by atoms with Crippen molar-refractivity contribution in [2.45, 2.75) is 6.10 Å². The number of halogens is 1. The molecule has 0 saturated heterocycles. The minimum Gasteiger partial charge on any atom is -0.486 e. The zero-order chi connectivity index (χ0) is 8.39. The fourth-order valence-corrected chi connectivity index (χ4v) is 1.46. The van der Waals surface area contributed by atoms with Crippen LogP contribution in [0, 0.1) is 0 Å². The summed E-state index contributed by atoms with van der Waals surface area (Å²) in [6.07, 6.45) is 0.139. The maximum Gasteiger partial charge on any atom is 0.161 e. The van der Waals surface area contributed by atoms with Crippen LogP contribution in [0.1, 0.15) is 0 Å². The Bertz CT molecular complexity index is 275. The highest BCUT2D eigenvalue weighted by Crippen LogP contribution is 2.30. The van der Waals surface area contributed by atoms with E-state index in [1.54, 1.807) is 0 Å². The minimum absolute atomic E-state index is 0.139. The third-order valence-corrected chi connectivity index (χ3v) is 2.46. The monoisotopic (exact) mass is 228 g/mol. The molecule has 12 heavy (non-hydrogen) atoms. The van der Waals surface area contributed by atoms with Gasteiger partial charge in [-0.1, -0.05) is 28.1 Å². The van der Waals surface area contributed by atoms with Crippen LogP contribution in [0.2, 0.25) is 0 Å². The van der Waals surface area contributed by atoms with E-state index in [1.165, 1.54) is 0 Å². The second-order valence-corrected chi connectivity index (χ2v) is 3.30. The van der Waals surface area contributed by atoms with Crippen LogP contribution < -0.4 is 9.47 Å². The van der Waals surface area contributed by atoms with E-state index in [0.717, 1.165) is 16.8 Å². The van der Waals surface area contributed by atoms with Crippen LogP contribution in [0.4, 0.5) is 0 Å². The number of ether oxygens (including phenoxy) is 2. The molecule has 0 aliphatic carbocycles. The van der Waals surface area contributed by atoms with Crippen molar-refractivity contribution in [3.63, 3.8) is 0 Å². The molecule has 0 fully saturated rings. The zero-order valence-electron chi connectivity index (χ0n) is 6.50. The second kappa shape index (κ2) is 3.35. The second-order valence-electron chi connectivity index (χ2n) is 2.65. The molecule has 1 aliphatic rings. The number of hydrogen-bond donors (Lipinski definition) is 0. The standard InChI is InChI=1S/C9H9BrO2/c10-5-7-6-11-8-3-1-2-4-9(8)12-7/h1-4,7H,5-6H2/t7-/m1/s1. The summed E-state index contributed by atoms with van der Waals surface area (Å²) >= 11 is 3.36. The molecule has 0 aromatic heterocycles. The molecule has 2 rings (SSSR count). The third kappa shape index (κ3) is 1.41. The quantitative estimate of drug-likeness (QED) is 0.687. The van der Waals surface area contributed by atoms with E-state index >= 15 is 0 Å². The molecule has 0 saturated carbocycles. The third-order valence-electron chi connectivity index (χ3n) is 1.74. The van der Waals surface area contributed by atoms with Crippen LogP contribution in [0.25, 0.3) is 0 Å². The molecule has 0 N–H and O–H groups in total. The van der Waals surface area contributed by atoms with Crippen LogP contribution in [0.3, 0.4) is 0 Å². The van der Waals surface area contributed by atoms with Crippen molar-refractivity contribution in [2.75, 3.05) is 11.9 Å². The molecular formula is C9H9BrO2. The predicted molar refractivity (Wildman–Crippen MR) is 50.1 cm³/mol. The summed E-state index contributed by atoms with van der Waals surface area (Å²) in [6.45, 7) is 0.627. The number of benzene rings is 1. The van der Waals surface area contributed by atoms with Gasteiger partial charge in [0.2, 0.25) is 0 Å². The van der Waals surface area contributed by atoms with Gasteiger partial charge in [-0.25, -0.2) is 0 Å². The summed E-state index contributed by atoms with van der Waals surface area (Å²) in [7, 11) is 0. The van der Waals surface area contributed by atoms with Gasteiger partial charge in [-0.2, -0.15) is 0 Å². The fraction of sp³-hybridized carbons (Fsp3) is 0.333. The van der Waals surface area contributed by atoms with E-state index in [4.69, 9.17) is 9.47 Å². The average Bonchev–Trinajstić information content (AvgIpc) is 2.17. The lowest BCUT2D eigenvalue weighted by molar-refractivity contribution is 0.108. The Balaban J connectivity index is 2.23. The Labute approximate surface area is 79.6 Å².